The normalized spacial score (nSPS) is 30.8. The summed E-state index contributed by atoms with van der Waals surface area (Å²) in [4.78, 5) is 9.27. The molecule has 5 N–H and O–H groups in total. The van der Waals surface area contributed by atoms with Gasteiger partial charge in [0.2, 0.25) is 0 Å². The molecule has 54 heavy (non-hydrogen) atoms. The van der Waals surface area contributed by atoms with Gasteiger partial charge in [0.1, 0.15) is 54.1 Å². The molecule has 9 unspecified atom stereocenters. The summed E-state index contributed by atoms with van der Waals surface area (Å²) >= 11 is 2.93. The molecule has 8 heterocycles. The molecule has 0 saturated carbocycles. The van der Waals surface area contributed by atoms with Crippen LogP contribution in [0, 0.1) is 20.8 Å². The molecule has 4 saturated heterocycles. The second-order valence-electron chi connectivity index (χ2n) is 14.2. The van der Waals surface area contributed by atoms with Crippen molar-refractivity contribution in [3.63, 3.8) is 0 Å². The first kappa shape index (κ1) is 37.1. The van der Waals surface area contributed by atoms with Crippen molar-refractivity contribution in [2.45, 2.75) is 120 Å². The van der Waals surface area contributed by atoms with Crippen LogP contribution in [-0.4, -0.2) is 131 Å². The molecule has 4 aliphatic rings. The van der Waals surface area contributed by atoms with Gasteiger partial charge in [0.15, 0.2) is 22.2 Å². The molecule has 18 nitrogen and oxygen atoms in total. The van der Waals surface area contributed by atoms with E-state index in [0.717, 1.165) is 33.5 Å². The summed E-state index contributed by atoms with van der Waals surface area (Å²) in [6, 6.07) is 3.30. The van der Waals surface area contributed by atoms with Crippen molar-refractivity contribution in [2.75, 3.05) is 13.1 Å². The molecule has 4 aliphatic heterocycles. The molecule has 0 aromatic carbocycles. The van der Waals surface area contributed by atoms with Crippen LogP contribution in [0.25, 0.3) is 0 Å². The zero-order valence-corrected chi connectivity index (χ0v) is 32.3. The van der Waals surface area contributed by atoms with E-state index < -0.39 is 35.9 Å². The van der Waals surface area contributed by atoms with E-state index >= 15 is 0 Å². The number of aliphatic imine (C=N–C) groups is 2. The van der Waals surface area contributed by atoms with Gasteiger partial charge in [-0.25, -0.2) is 4.68 Å². The highest BCUT2D eigenvalue weighted by atomic mass is 32.2. The van der Waals surface area contributed by atoms with E-state index in [2.05, 4.69) is 42.5 Å². The van der Waals surface area contributed by atoms with Gasteiger partial charge in [-0.15, -0.1) is 14.5 Å². The van der Waals surface area contributed by atoms with Gasteiger partial charge >= 0.3 is 0 Å². The minimum absolute atomic E-state index is 0.173. The maximum absolute atomic E-state index is 11.1. The molecule has 20 heteroatoms. The number of aliphatic hydroxyl groups excluding tert-OH is 3. The third-order valence-corrected chi connectivity index (χ3v) is 12.6. The van der Waals surface area contributed by atoms with Gasteiger partial charge in [-0.2, -0.15) is 5.10 Å². The van der Waals surface area contributed by atoms with E-state index in [1.54, 1.807) is 4.68 Å². The Kier molecular flexibility index (Phi) is 10.8. The first-order chi connectivity index (χ1) is 26.1. The smallest absolute Gasteiger partial charge is 0.187 e. The predicted octanol–water partition coefficient (Wildman–Crippen LogP) is -0.453. The molecule has 0 radical (unpaired) electrons. The van der Waals surface area contributed by atoms with Crippen LogP contribution in [0.3, 0.4) is 0 Å². The molecule has 0 spiro atoms. The summed E-state index contributed by atoms with van der Waals surface area (Å²) in [5, 5.41) is 59.1. The predicted molar refractivity (Wildman–Crippen MR) is 201 cm³/mol. The average Bonchev–Trinajstić information content (AvgIpc) is 4.00. The number of hydrogen-bond acceptors (Lipinski definition) is 13. The first-order valence-electron chi connectivity index (χ1n) is 18.4. The Morgan fingerprint density at radius 3 is 2.48 bits per heavy atom. The number of nitrogens with zero attached hydrogens (tertiary/aromatic N) is 11. The number of fused-ring (bicyclic) bond motifs is 2. The van der Waals surface area contributed by atoms with Crippen molar-refractivity contribution in [3.05, 3.63) is 65.3 Å². The number of thioether (sulfide) groups is 2. The monoisotopic (exact) mass is 782 g/mol. The second kappa shape index (κ2) is 15.8. The van der Waals surface area contributed by atoms with Crippen molar-refractivity contribution in [1.29, 1.82) is 0 Å². The largest absolute Gasteiger partial charge is 0.391 e. The van der Waals surface area contributed by atoms with E-state index in [4.69, 9.17) is 19.7 Å². The van der Waals surface area contributed by atoms with Crippen LogP contribution >= 0.6 is 23.5 Å². The van der Waals surface area contributed by atoms with Crippen LogP contribution in [0.4, 0.5) is 0 Å². The van der Waals surface area contributed by atoms with Crippen molar-refractivity contribution in [3.8, 4) is 0 Å². The van der Waals surface area contributed by atoms with Crippen molar-refractivity contribution in [1.82, 2.24) is 49.9 Å². The van der Waals surface area contributed by atoms with Gasteiger partial charge in [-0.3, -0.25) is 14.7 Å². The zero-order valence-electron chi connectivity index (χ0n) is 30.7. The van der Waals surface area contributed by atoms with Crippen LogP contribution < -0.4 is 15.3 Å². The fourth-order valence-corrected chi connectivity index (χ4v) is 9.69. The number of amidine groups is 2. The summed E-state index contributed by atoms with van der Waals surface area (Å²) in [7, 11) is 0. The minimum atomic E-state index is -1.13. The molecular formula is C34H48N13O5S2+. The molecule has 8 rings (SSSR count). The Hall–Kier alpha value is -3.79. The van der Waals surface area contributed by atoms with Crippen LogP contribution in [-0.2, 0) is 42.2 Å². The van der Waals surface area contributed by atoms with E-state index in [-0.39, 0.29) is 24.1 Å². The van der Waals surface area contributed by atoms with Gasteiger partial charge in [0.05, 0.1) is 61.5 Å². The maximum Gasteiger partial charge on any atom is 0.187 e. The summed E-state index contributed by atoms with van der Waals surface area (Å²) in [6.07, 6.45) is 4.74. The lowest BCUT2D eigenvalue weighted by Crippen LogP contribution is -2.59. The van der Waals surface area contributed by atoms with E-state index in [0.29, 0.717) is 50.9 Å². The third kappa shape index (κ3) is 7.82. The molecule has 0 amide bonds. The number of hydrogen-bond donors (Lipinski definition) is 5. The maximum atomic E-state index is 11.1. The fourth-order valence-electron chi connectivity index (χ4n) is 7.29. The quantitative estimate of drug-likeness (QED) is 0.116. The number of nitrogens with one attached hydrogen (secondary N) is 2. The highest BCUT2D eigenvalue weighted by Crippen LogP contribution is 2.35. The molecule has 4 fully saturated rings. The van der Waals surface area contributed by atoms with Gasteiger partial charge in [0.25, 0.3) is 0 Å². The van der Waals surface area contributed by atoms with Crippen molar-refractivity contribution < 1.29 is 29.5 Å². The standard InChI is InChI=1S/C34H48N13O5S2/c1-5-35-33-37-27-25(48)12-24(51-31(27)53-33)17-45-16-23(15-43-9-6-7-10-43)46(42-45)11-8-36-34-38-28-30(50)29(49)26(52-32(28)54-34)18-44-13-22(39-41-44)14-47-21(4)19(2)20(3)40-47/h6-7,9-10,13,16,24-32,48-50H,5,8,11-12,14-15,17-18H2,1-4H3,(H,35,37)(H,36,38)/q+1. The molecule has 0 bridgehead atoms. The topological polar surface area (TPSA) is 203 Å². The molecule has 0 aliphatic carbocycles. The Bertz CT molecular complexity index is 1980. The number of aryl methyl sites for hydroxylation is 1. The molecule has 4 aromatic rings. The molecule has 290 valence electrons. The number of aliphatic hydroxyl groups is 3. The van der Waals surface area contributed by atoms with Gasteiger partial charge in [0, 0.05) is 31.1 Å². The lowest BCUT2D eigenvalue weighted by molar-refractivity contribution is -0.761. The summed E-state index contributed by atoms with van der Waals surface area (Å²) in [5.41, 5.74) is 4.33. The highest BCUT2D eigenvalue weighted by molar-refractivity contribution is 8.14. The molecule has 9 atom stereocenters. The summed E-state index contributed by atoms with van der Waals surface area (Å²) in [6.45, 7) is 11.5. The number of ether oxygens (including phenoxy) is 2. The van der Waals surface area contributed by atoms with Crippen LogP contribution in [0.1, 0.15) is 41.7 Å². The molecular weight excluding hydrogens is 735 g/mol. The minimum Gasteiger partial charge on any atom is -0.391 e. The number of rotatable bonds is 12. The van der Waals surface area contributed by atoms with Gasteiger partial charge in [-0.05, 0) is 45.4 Å². The molecule has 4 aromatic heterocycles. The Balaban J connectivity index is 0.886. The Labute approximate surface area is 321 Å². The highest BCUT2D eigenvalue weighted by Gasteiger charge is 2.49. The van der Waals surface area contributed by atoms with Crippen LogP contribution in [0.5, 0.6) is 0 Å². The van der Waals surface area contributed by atoms with Gasteiger partial charge in [-0.1, -0.05) is 28.7 Å². The van der Waals surface area contributed by atoms with Crippen LogP contribution in [0.2, 0.25) is 0 Å². The summed E-state index contributed by atoms with van der Waals surface area (Å²) in [5.74, 6) is 0. The van der Waals surface area contributed by atoms with E-state index in [1.807, 2.05) is 71.7 Å². The Morgan fingerprint density at radius 2 is 1.72 bits per heavy atom. The van der Waals surface area contributed by atoms with Crippen molar-refractivity contribution in [2.24, 2.45) is 9.98 Å². The average molecular weight is 783 g/mol. The van der Waals surface area contributed by atoms with Crippen LogP contribution in [0.15, 0.2) is 46.9 Å². The lowest BCUT2D eigenvalue weighted by atomic mass is 9.98. The van der Waals surface area contributed by atoms with E-state index in [1.165, 1.54) is 23.5 Å². The van der Waals surface area contributed by atoms with Gasteiger partial charge < -0.3 is 40.0 Å². The SMILES string of the molecule is CCN=C1NC2C(O)CC(C[n+]3cc(Cn4cccc4)n(CCN=C4NC5C(OC(Cn6cc(Cn7nc(C)c(C)c7C)nn6)C(O)C5O)S4)n3)OC2S1. The number of aromatic nitrogens is 9. The second-order valence-corrected chi connectivity index (χ2v) is 16.4. The Morgan fingerprint density at radius 1 is 0.963 bits per heavy atom. The lowest BCUT2D eigenvalue weighted by Gasteiger charge is -2.38. The summed E-state index contributed by atoms with van der Waals surface area (Å²) < 4.78 is 22.2. The first-order valence-corrected chi connectivity index (χ1v) is 20.1. The zero-order chi connectivity index (χ0) is 37.5. The van der Waals surface area contributed by atoms with Crippen molar-refractivity contribution >= 4 is 33.9 Å². The van der Waals surface area contributed by atoms with E-state index in [9.17, 15) is 15.3 Å². The fraction of sp³-hybridized carbons (Fsp3) is 0.618. The third-order valence-electron chi connectivity index (χ3n) is 10.4.